The molecule has 0 heterocycles. The highest BCUT2D eigenvalue weighted by Crippen LogP contribution is 2.21. The predicted octanol–water partition coefficient (Wildman–Crippen LogP) is 3.50. The molecule has 0 saturated carbocycles. The van der Waals surface area contributed by atoms with Crippen LogP contribution in [0, 0.1) is 0 Å². The van der Waals surface area contributed by atoms with Crippen molar-refractivity contribution >= 4 is 5.69 Å². The number of hydrogen-bond donors (Lipinski definition) is 2. The third kappa shape index (κ3) is 3.75. The molecule has 2 aromatic carbocycles. The molecule has 2 aromatic rings. The lowest BCUT2D eigenvalue weighted by Gasteiger charge is -2.14. The lowest BCUT2D eigenvalue weighted by Crippen LogP contribution is -2.10. The monoisotopic (exact) mass is 271 g/mol. The molecule has 20 heavy (non-hydrogen) atoms. The molecule has 0 aliphatic carbocycles. The fourth-order valence-corrected chi connectivity index (χ4v) is 1.99. The van der Waals surface area contributed by atoms with Crippen molar-refractivity contribution in [3.8, 4) is 5.75 Å². The van der Waals surface area contributed by atoms with Crippen LogP contribution in [0.3, 0.4) is 0 Å². The first-order valence-electron chi connectivity index (χ1n) is 6.82. The molecule has 0 fully saturated rings. The Balaban J connectivity index is 1.94. The summed E-state index contributed by atoms with van der Waals surface area (Å²) in [5, 5.41) is 10.1. The van der Waals surface area contributed by atoms with Crippen molar-refractivity contribution in [3.05, 3.63) is 59.7 Å². The summed E-state index contributed by atoms with van der Waals surface area (Å²) < 4.78 is 5.61. The third-order valence-corrected chi connectivity index (χ3v) is 3.25. The lowest BCUT2D eigenvalue weighted by molar-refractivity contribution is 0.108. The quantitative estimate of drug-likeness (QED) is 0.818. The zero-order valence-electron chi connectivity index (χ0n) is 11.9. The van der Waals surface area contributed by atoms with Gasteiger partial charge < -0.3 is 15.6 Å². The number of rotatable bonds is 5. The van der Waals surface area contributed by atoms with E-state index in [2.05, 4.69) is 13.8 Å². The van der Waals surface area contributed by atoms with E-state index in [-0.39, 0.29) is 6.61 Å². The summed E-state index contributed by atoms with van der Waals surface area (Å²) in [7, 11) is 0. The summed E-state index contributed by atoms with van der Waals surface area (Å²) in [6.07, 6.45) is -0.678. The van der Waals surface area contributed by atoms with E-state index >= 15 is 0 Å². The smallest absolute Gasteiger partial charge is 0.119 e. The van der Waals surface area contributed by atoms with Gasteiger partial charge in [-0.1, -0.05) is 38.1 Å². The molecular weight excluding hydrogens is 250 g/mol. The molecule has 0 amide bonds. The Kier molecular flexibility index (Phi) is 4.64. The second-order valence-electron chi connectivity index (χ2n) is 5.22. The van der Waals surface area contributed by atoms with E-state index in [4.69, 9.17) is 10.5 Å². The first-order valence-corrected chi connectivity index (χ1v) is 6.82. The van der Waals surface area contributed by atoms with Crippen LogP contribution in [0.1, 0.15) is 37.0 Å². The molecule has 0 radical (unpaired) electrons. The maximum atomic E-state index is 10.1. The number of aliphatic hydroxyl groups is 1. The van der Waals surface area contributed by atoms with Crippen LogP contribution in [0.15, 0.2) is 48.5 Å². The average molecular weight is 271 g/mol. The number of hydrogen-bond acceptors (Lipinski definition) is 3. The lowest BCUT2D eigenvalue weighted by atomic mass is 10.0. The van der Waals surface area contributed by atoms with E-state index in [0.29, 0.717) is 11.6 Å². The van der Waals surface area contributed by atoms with Crippen LogP contribution < -0.4 is 10.5 Å². The van der Waals surface area contributed by atoms with Crippen molar-refractivity contribution < 1.29 is 9.84 Å². The highest BCUT2D eigenvalue weighted by Gasteiger charge is 2.09. The van der Waals surface area contributed by atoms with E-state index < -0.39 is 6.10 Å². The Morgan fingerprint density at radius 3 is 2.35 bits per heavy atom. The van der Waals surface area contributed by atoms with Gasteiger partial charge in [-0.05, 0) is 41.3 Å². The Hall–Kier alpha value is -2.00. The van der Waals surface area contributed by atoms with Gasteiger partial charge >= 0.3 is 0 Å². The standard InChI is InChI=1S/C17H21NO2/c1-12(2)13-6-8-16(9-7-13)20-11-17(19)14-4-3-5-15(18)10-14/h3-10,12,17,19H,11,18H2,1-2H3. The number of anilines is 1. The zero-order chi connectivity index (χ0) is 14.5. The molecule has 106 valence electrons. The fourth-order valence-electron chi connectivity index (χ4n) is 1.99. The fraction of sp³-hybridized carbons (Fsp3) is 0.294. The van der Waals surface area contributed by atoms with Gasteiger partial charge in [0.2, 0.25) is 0 Å². The third-order valence-electron chi connectivity index (χ3n) is 3.25. The first kappa shape index (κ1) is 14.4. The number of aliphatic hydroxyl groups excluding tert-OH is 1. The second kappa shape index (κ2) is 6.44. The predicted molar refractivity (Wildman–Crippen MR) is 81.8 cm³/mol. The highest BCUT2D eigenvalue weighted by atomic mass is 16.5. The van der Waals surface area contributed by atoms with Gasteiger partial charge in [-0.15, -0.1) is 0 Å². The van der Waals surface area contributed by atoms with Gasteiger partial charge in [0.05, 0.1) is 0 Å². The van der Waals surface area contributed by atoms with Gasteiger partial charge in [0, 0.05) is 5.69 Å². The molecular formula is C17H21NO2. The Morgan fingerprint density at radius 1 is 1.05 bits per heavy atom. The molecule has 1 unspecified atom stereocenters. The van der Waals surface area contributed by atoms with Gasteiger partial charge in [-0.3, -0.25) is 0 Å². The minimum absolute atomic E-state index is 0.213. The van der Waals surface area contributed by atoms with E-state index in [0.717, 1.165) is 11.3 Å². The summed E-state index contributed by atoms with van der Waals surface area (Å²) in [6.45, 7) is 4.52. The van der Waals surface area contributed by atoms with Gasteiger partial charge in [0.1, 0.15) is 18.5 Å². The maximum Gasteiger partial charge on any atom is 0.119 e. The first-order chi connectivity index (χ1) is 9.56. The Labute approximate surface area is 120 Å². The number of benzene rings is 2. The summed E-state index contributed by atoms with van der Waals surface area (Å²) in [5.74, 6) is 1.26. The Morgan fingerprint density at radius 2 is 1.75 bits per heavy atom. The summed E-state index contributed by atoms with van der Waals surface area (Å²) in [5.41, 5.74) is 8.38. The molecule has 1 atom stereocenters. The molecule has 0 spiro atoms. The molecule has 0 saturated heterocycles. The minimum Gasteiger partial charge on any atom is -0.491 e. The van der Waals surface area contributed by atoms with Gasteiger partial charge in [-0.2, -0.15) is 0 Å². The molecule has 2 rings (SSSR count). The number of nitrogen functional groups attached to an aromatic ring is 1. The van der Waals surface area contributed by atoms with Crippen LogP contribution >= 0.6 is 0 Å². The van der Waals surface area contributed by atoms with Gasteiger partial charge in [0.25, 0.3) is 0 Å². The largest absolute Gasteiger partial charge is 0.491 e. The van der Waals surface area contributed by atoms with Crippen LogP contribution in [0.4, 0.5) is 5.69 Å². The van der Waals surface area contributed by atoms with E-state index in [1.54, 1.807) is 12.1 Å². The summed E-state index contributed by atoms with van der Waals surface area (Å²) in [6, 6.07) is 15.2. The molecule has 3 N–H and O–H groups in total. The molecule has 3 nitrogen and oxygen atoms in total. The van der Waals surface area contributed by atoms with E-state index in [1.807, 2.05) is 36.4 Å². The molecule has 0 bridgehead atoms. The van der Waals surface area contributed by atoms with E-state index in [9.17, 15) is 5.11 Å². The number of ether oxygens (including phenoxy) is 1. The van der Waals surface area contributed by atoms with Gasteiger partial charge in [0.15, 0.2) is 0 Å². The SMILES string of the molecule is CC(C)c1ccc(OCC(O)c2cccc(N)c2)cc1. The second-order valence-corrected chi connectivity index (χ2v) is 5.22. The van der Waals surface area contributed by atoms with Crippen molar-refractivity contribution in [2.75, 3.05) is 12.3 Å². The van der Waals surface area contributed by atoms with Gasteiger partial charge in [-0.25, -0.2) is 0 Å². The Bertz CT molecular complexity index is 549. The van der Waals surface area contributed by atoms with Crippen LogP contribution in [0.2, 0.25) is 0 Å². The maximum absolute atomic E-state index is 10.1. The zero-order valence-corrected chi connectivity index (χ0v) is 11.9. The van der Waals surface area contributed by atoms with Crippen molar-refractivity contribution in [3.63, 3.8) is 0 Å². The van der Waals surface area contributed by atoms with E-state index in [1.165, 1.54) is 5.56 Å². The van der Waals surface area contributed by atoms with Crippen LogP contribution in [0.25, 0.3) is 0 Å². The van der Waals surface area contributed by atoms with Crippen molar-refractivity contribution in [1.29, 1.82) is 0 Å². The molecule has 3 heteroatoms. The topological polar surface area (TPSA) is 55.5 Å². The van der Waals surface area contributed by atoms with Crippen LogP contribution in [-0.4, -0.2) is 11.7 Å². The summed E-state index contributed by atoms with van der Waals surface area (Å²) >= 11 is 0. The minimum atomic E-state index is -0.678. The van der Waals surface area contributed by atoms with Crippen LogP contribution in [-0.2, 0) is 0 Å². The normalized spacial score (nSPS) is 12.4. The van der Waals surface area contributed by atoms with Crippen molar-refractivity contribution in [2.24, 2.45) is 0 Å². The van der Waals surface area contributed by atoms with Crippen LogP contribution in [0.5, 0.6) is 5.75 Å². The summed E-state index contributed by atoms with van der Waals surface area (Å²) in [4.78, 5) is 0. The molecule has 0 aromatic heterocycles. The molecule has 0 aliphatic heterocycles. The highest BCUT2D eigenvalue weighted by molar-refractivity contribution is 5.41. The number of nitrogens with two attached hydrogens (primary N) is 1. The van der Waals surface area contributed by atoms with Crippen molar-refractivity contribution in [1.82, 2.24) is 0 Å². The molecule has 0 aliphatic rings. The van der Waals surface area contributed by atoms with Crippen molar-refractivity contribution in [2.45, 2.75) is 25.9 Å². The average Bonchev–Trinajstić information content (AvgIpc) is 2.45.